The maximum atomic E-state index is 11.2. The number of rotatable bonds is 6. The summed E-state index contributed by atoms with van der Waals surface area (Å²) in [6.45, 7) is 3.69. The summed E-state index contributed by atoms with van der Waals surface area (Å²) in [5.74, 6) is 1.27. The van der Waals surface area contributed by atoms with Crippen molar-refractivity contribution >= 4 is 5.78 Å². The smallest absolute Gasteiger partial charge is 0.300 e. The molecule has 1 aliphatic rings. The maximum Gasteiger partial charge on any atom is 0.300 e. The van der Waals surface area contributed by atoms with Gasteiger partial charge in [0.2, 0.25) is 5.78 Å². The molecule has 0 spiro atoms. The van der Waals surface area contributed by atoms with Crippen molar-refractivity contribution in [1.82, 2.24) is 0 Å². The van der Waals surface area contributed by atoms with Gasteiger partial charge in [-0.15, -0.1) is 0 Å². The molecule has 0 saturated heterocycles. The number of ketones is 1. The van der Waals surface area contributed by atoms with Crippen LogP contribution < -0.4 is 9.47 Å². The molecule has 2 rings (SSSR count). The molecule has 1 heterocycles. The van der Waals surface area contributed by atoms with Crippen LogP contribution in [0.25, 0.3) is 0 Å². The highest BCUT2D eigenvalue weighted by Gasteiger charge is 2.27. The van der Waals surface area contributed by atoms with Gasteiger partial charge in [-0.3, -0.25) is 4.79 Å². The summed E-state index contributed by atoms with van der Waals surface area (Å²) in [6, 6.07) is 5.94. The van der Waals surface area contributed by atoms with Crippen molar-refractivity contribution in [3.05, 3.63) is 23.8 Å². The van der Waals surface area contributed by atoms with E-state index in [1.165, 1.54) is 38.2 Å². The molecule has 98 valence electrons. The van der Waals surface area contributed by atoms with Crippen molar-refractivity contribution in [2.75, 3.05) is 0 Å². The first-order chi connectivity index (χ1) is 8.70. The van der Waals surface area contributed by atoms with Crippen molar-refractivity contribution in [2.24, 2.45) is 0 Å². The van der Waals surface area contributed by atoms with E-state index in [1.54, 1.807) is 0 Å². The summed E-state index contributed by atoms with van der Waals surface area (Å²) in [4.78, 5) is 11.2. The highest BCUT2D eigenvalue weighted by molar-refractivity contribution is 5.80. The molecular formula is C15H20O3. The van der Waals surface area contributed by atoms with E-state index in [-0.39, 0.29) is 5.78 Å². The first kappa shape index (κ1) is 12.9. The van der Waals surface area contributed by atoms with Crippen LogP contribution in [0.2, 0.25) is 0 Å². The molecule has 0 bridgehead atoms. The third kappa shape index (κ3) is 3.03. The Hall–Kier alpha value is -1.51. The third-order valence-electron chi connectivity index (χ3n) is 3.13. The molecule has 0 N–H and O–H groups in total. The van der Waals surface area contributed by atoms with Crippen molar-refractivity contribution in [1.29, 1.82) is 0 Å². The molecule has 0 amide bonds. The molecular weight excluding hydrogens is 228 g/mol. The second-order valence-corrected chi connectivity index (χ2v) is 4.77. The second kappa shape index (κ2) is 5.89. The number of benzene rings is 1. The van der Waals surface area contributed by atoms with Crippen LogP contribution in [0.1, 0.15) is 45.1 Å². The average Bonchev–Trinajstić information content (AvgIpc) is 2.78. The Bertz CT molecular complexity index is 426. The number of aryl methyl sites for hydroxylation is 1. The number of Topliss-reactive ketones (excluding diaryl/α,β-unsaturated/α-hetero) is 1. The van der Waals surface area contributed by atoms with Crippen LogP contribution in [0.15, 0.2) is 18.2 Å². The largest absolute Gasteiger partial charge is 0.444 e. The van der Waals surface area contributed by atoms with Crippen molar-refractivity contribution in [2.45, 2.75) is 52.2 Å². The number of hydrogen-bond donors (Lipinski definition) is 0. The topological polar surface area (TPSA) is 35.5 Å². The van der Waals surface area contributed by atoms with E-state index in [0.29, 0.717) is 11.5 Å². The zero-order valence-electron chi connectivity index (χ0n) is 11.1. The Morgan fingerprint density at radius 2 is 1.94 bits per heavy atom. The Kier molecular flexibility index (Phi) is 4.24. The second-order valence-electron chi connectivity index (χ2n) is 4.77. The van der Waals surface area contributed by atoms with Gasteiger partial charge in [0, 0.05) is 6.92 Å². The minimum Gasteiger partial charge on any atom is -0.444 e. The highest BCUT2D eigenvalue weighted by Crippen LogP contribution is 2.35. The van der Waals surface area contributed by atoms with Crippen LogP contribution in [0.4, 0.5) is 0 Å². The Labute approximate surface area is 108 Å². The molecule has 0 aromatic heterocycles. The number of fused-ring (bicyclic) bond motifs is 1. The van der Waals surface area contributed by atoms with E-state index in [4.69, 9.17) is 9.47 Å². The van der Waals surface area contributed by atoms with Gasteiger partial charge in [0.05, 0.1) is 0 Å². The van der Waals surface area contributed by atoms with E-state index < -0.39 is 6.29 Å². The van der Waals surface area contributed by atoms with Gasteiger partial charge < -0.3 is 9.47 Å². The van der Waals surface area contributed by atoms with Crippen molar-refractivity contribution < 1.29 is 14.3 Å². The molecule has 18 heavy (non-hydrogen) atoms. The van der Waals surface area contributed by atoms with Crippen LogP contribution >= 0.6 is 0 Å². The fourth-order valence-electron chi connectivity index (χ4n) is 2.07. The lowest BCUT2D eigenvalue weighted by atomic mass is 10.1. The van der Waals surface area contributed by atoms with Crippen LogP contribution in [0, 0.1) is 0 Å². The minimum absolute atomic E-state index is 0.101. The normalized spacial score (nSPS) is 16.9. The van der Waals surface area contributed by atoms with Gasteiger partial charge in [0.25, 0.3) is 0 Å². The molecule has 1 aliphatic heterocycles. The van der Waals surface area contributed by atoms with Gasteiger partial charge in [-0.05, 0) is 30.5 Å². The molecule has 0 fully saturated rings. The molecule has 1 aromatic carbocycles. The van der Waals surface area contributed by atoms with Gasteiger partial charge in [0.1, 0.15) is 0 Å². The van der Waals surface area contributed by atoms with Gasteiger partial charge in [0.15, 0.2) is 11.5 Å². The number of ether oxygens (including phenoxy) is 2. The lowest BCUT2D eigenvalue weighted by Crippen LogP contribution is -2.26. The first-order valence-corrected chi connectivity index (χ1v) is 6.67. The van der Waals surface area contributed by atoms with Crippen molar-refractivity contribution in [3.8, 4) is 11.5 Å². The predicted octanol–water partition coefficient (Wildman–Crippen LogP) is 3.50. The van der Waals surface area contributed by atoms with Crippen LogP contribution in [-0.4, -0.2) is 12.1 Å². The SMILES string of the molecule is CCCCCCc1ccc2c(c1)OC(C(C)=O)O2. The van der Waals surface area contributed by atoms with E-state index in [0.717, 1.165) is 6.42 Å². The van der Waals surface area contributed by atoms with E-state index >= 15 is 0 Å². The molecule has 0 saturated carbocycles. The summed E-state index contributed by atoms with van der Waals surface area (Å²) in [5.41, 5.74) is 1.25. The van der Waals surface area contributed by atoms with Gasteiger partial charge in [-0.1, -0.05) is 32.3 Å². The Morgan fingerprint density at radius 3 is 2.67 bits per heavy atom. The molecule has 1 unspecified atom stereocenters. The molecule has 0 aliphatic carbocycles. The fourth-order valence-corrected chi connectivity index (χ4v) is 2.07. The molecule has 3 heteroatoms. The zero-order valence-corrected chi connectivity index (χ0v) is 11.1. The highest BCUT2D eigenvalue weighted by atomic mass is 16.7. The average molecular weight is 248 g/mol. The standard InChI is InChI=1S/C15H20O3/c1-3-4-5-6-7-12-8-9-13-14(10-12)18-15(17-13)11(2)16/h8-10,15H,3-7H2,1-2H3. The Balaban J connectivity index is 1.93. The van der Waals surface area contributed by atoms with Gasteiger partial charge in [-0.25, -0.2) is 0 Å². The zero-order chi connectivity index (χ0) is 13.0. The van der Waals surface area contributed by atoms with Gasteiger partial charge >= 0.3 is 6.29 Å². The van der Waals surface area contributed by atoms with Crippen LogP contribution in [0.3, 0.4) is 0 Å². The summed E-state index contributed by atoms with van der Waals surface area (Å²) >= 11 is 0. The molecule has 0 radical (unpaired) electrons. The lowest BCUT2D eigenvalue weighted by molar-refractivity contribution is -0.132. The summed E-state index contributed by atoms with van der Waals surface area (Å²) in [7, 11) is 0. The van der Waals surface area contributed by atoms with Crippen LogP contribution in [-0.2, 0) is 11.2 Å². The first-order valence-electron chi connectivity index (χ1n) is 6.67. The van der Waals surface area contributed by atoms with E-state index in [9.17, 15) is 4.79 Å². The summed E-state index contributed by atoms with van der Waals surface area (Å²) in [6.07, 6.45) is 5.31. The Morgan fingerprint density at radius 1 is 1.17 bits per heavy atom. The molecule has 1 atom stereocenters. The number of unbranched alkanes of at least 4 members (excludes halogenated alkanes) is 3. The van der Waals surface area contributed by atoms with E-state index in [1.807, 2.05) is 12.1 Å². The van der Waals surface area contributed by atoms with Gasteiger partial charge in [-0.2, -0.15) is 0 Å². The van der Waals surface area contributed by atoms with E-state index in [2.05, 4.69) is 13.0 Å². The minimum atomic E-state index is -0.754. The van der Waals surface area contributed by atoms with Crippen molar-refractivity contribution in [3.63, 3.8) is 0 Å². The number of carbonyl (C=O) groups is 1. The molecule has 1 aromatic rings. The molecule has 3 nitrogen and oxygen atoms in total. The predicted molar refractivity (Wildman–Crippen MR) is 70.0 cm³/mol. The lowest BCUT2D eigenvalue weighted by Gasteiger charge is -2.04. The maximum absolute atomic E-state index is 11.2. The summed E-state index contributed by atoms with van der Waals surface area (Å²) in [5, 5.41) is 0. The fraction of sp³-hybridized carbons (Fsp3) is 0.533. The summed E-state index contributed by atoms with van der Waals surface area (Å²) < 4.78 is 10.9. The quantitative estimate of drug-likeness (QED) is 0.723. The van der Waals surface area contributed by atoms with Crippen LogP contribution in [0.5, 0.6) is 11.5 Å². The monoisotopic (exact) mass is 248 g/mol. The third-order valence-corrected chi connectivity index (χ3v) is 3.13. The number of hydrogen-bond acceptors (Lipinski definition) is 3. The number of carbonyl (C=O) groups excluding carboxylic acids is 1.